The summed E-state index contributed by atoms with van der Waals surface area (Å²) in [5, 5.41) is 21.3. The monoisotopic (exact) mass is 474 g/mol. The molecule has 1 amide bonds. The molecule has 4 rings (SSSR count). The van der Waals surface area contributed by atoms with Crippen molar-refractivity contribution in [2.75, 3.05) is 13.7 Å². The number of aliphatic hydroxyl groups excluding tert-OH is 1. The van der Waals surface area contributed by atoms with Gasteiger partial charge in [0.2, 0.25) is 0 Å². The fourth-order valence-corrected chi connectivity index (χ4v) is 4.03. The van der Waals surface area contributed by atoms with Gasteiger partial charge in [0.05, 0.1) is 25.3 Å². The second-order valence-corrected chi connectivity index (χ2v) is 8.09. The first-order valence-corrected chi connectivity index (χ1v) is 11.2. The number of ketones is 1. The van der Waals surface area contributed by atoms with Gasteiger partial charge in [-0.1, -0.05) is 19.1 Å². The van der Waals surface area contributed by atoms with Crippen LogP contribution in [-0.2, 0) is 16.1 Å². The van der Waals surface area contributed by atoms with Gasteiger partial charge in [-0.2, -0.15) is 0 Å². The fraction of sp³-hybridized carbons (Fsp3) is 0.222. The lowest BCUT2D eigenvalue weighted by Crippen LogP contribution is -2.29. The lowest BCUT2D eigenvalue weighted by Gasteiger charge is -2.25. The van der Waals surface area contributed by atoms with E-state index >= 15 is 0 Å². The minimum absolute atomic E-state index is 0.0474. The number of hydrogen-bond acceptors (Lipinski definition) is 7. The van der Waals surface area contributed by atoms with Crippen molar-refractivity contribution in [3.63, 3.8) is 0 Å². The molecule has 0 saturated carbocycles. The average Bonchev–Trinajstić information content (AvgIpc) is 3.13. The third-order valence-electron chi connectivity index (χ3n) is 5.74. The Kier molecular flexibility index (Phi) is 7.01. The van der Waals surface area contributed by atoms with Crippen LogP contribution in [0.2, 0.25) is 0 Å². The van der Waals surface area contributed by atoms with Gasteiger partial charge < -0.3 is 24.6 Å². The van der Waals surface area contributed by atoms with E-state index in [0.29, 0.717) is 23.5 Å². The van der Waals surface area contributed by atoms with Crippen LogP contribution in [0, 0.1) is 0 Å². The molecule has 0 radical (unpaired) electrons. The molecule has 1 aromatic heterocycles. The first-order chi connectivity index (χ1) is 16.9. The number of aliphatic hydroxyl groups is 1. The summed E-state index contributed by atoms with van der Waals surface area (Å²) in [4.78, 5) is 31.8. The minimum atomic E-state index is -0.902. The number of ether oxygens (including phenoxy) is 2. The van der Waals surface area contributed by atoms with Gasteiger partial charge in [-0.25, -0.2) is 0 Å². The third-order valence-corrected chi connectivity index (χ3v) is 5.74. The van der Waals surface area contributed by atoms with Gasteiger partial charge in [-0.15, -0.1) is 0 Å². The number of aromatic hydroxyl groups is 1. The molecule has 180 valence electrons. The Labute approximate surface area is 203 Å². The highest BCUT2D eigenvalue weighted by Gasteiger charge is 2.46. The number of hydrogen-bond donors (Lipinski definition) is 2. The summed E-state index contributed by atoms with van der Waals surface area (Å²) in [6.45, 7) is 2.67. The number of amides is 1. The number of nitrogens with zero attached hydrogens (tertiary/aromatic N) is 2. The molecule has 2 heterocycles. The number of Topliss-reactive ketones (excluding diaryl/α,β-unsaturated/α-hetero) is 1. The van der Waals surface area contributed by atoms with Gasteiger partial charge in [0.15, 0.2) is 11.5 Å². The highest BCUT2D eigenvalue weighted by Crippen LogP contribution is 2.42. The Balaban J connectivity index is 1.82. The van der Waals surface area contributed by atoms with Gasteiger partial charge in [0.25, 0.3) is 11.7 Å². The van der Waals surface area contributed by atoms with E-state index in [1.54, 1.807) is 60.9 Å². The Morgan fingerprint density at radius 1 is 1.11 bits per heavy atom. The Hall–Kier alpha value is -4.33. The number of phenolic OH excluding ortho intramolecular Hbond substituents is 1. The molecule has 0 aliphatic carbocycles. The van der Waals surface area contributed by atoms with Crippen LogP contribution in [0.1, 0.15) is 36.1 Å². The zero-order valence-corrected chi connectivity index (χ0v) is 19.5. The molecule has 1 saturated heterocycles. The number of likely N-dealkylation sites (tertiary alicyclic amines) is 1. The number of methoxy groups -OCH3 is 1. The summed E-state index contributed by atoms with van der Waals surface area (Å²) in [6, 6.07) is 13.9. The predicted molar refractivity (Wildman–Crippen MR) is 129 cm³/mol. The van der Waals surface area contributed by atoms with E-state index in [9.17, 15) is 19.8 Å². The van der Waals surface area contributed by atoms with Crippen molar-refractivity contribution >= 4 is 17.4 Å². The van der Waals surface area contributed by atoms with Crippen LogP contribution in [-0.4, -0.2) is 45.5 Å². The second-order valence-electron chi connectivity index (χ2n) is 8.09. The Morgan fingerprint density at radius 3 is 2.54 bits per heavy atom. The van der Waals surface area contributed by atoms with Crippen LogP contribution in [0.3, 0.4) is 0 Å². The van der Waals surface area contributed by atoms with Crippen molar-refractivity contribution in [2.45, 2.75) is 25.9 Å². The van der Waals surface area contributed by atoms with Crippen LogP contribution in [0.4, 0.5) is 0 Å². The van der Waals surface area contributed by atoms with E-state index in [1.807, 2.05) is 6.92 Å². The van der Waals surface area contributed by atoms with E-state index in [4.69, 9.17) is 9.47 Å². The van der Waals surface area contributed by atoms with Crippen molar-refractivity contribution in [3.05, 3.63) is 89.3 Å². The number of aromatic nitrogens is 1. The standard InChI is InChI=1S/C27H26N2O6/c1-3-13-35-20-9-6-18(7-10-20)25(31)23-24(19-8-11-21(30)22(14-19)34-2)29(27(33)26(23)32)16-17-5-4-12-28-15-17/h4-12,14-15,24,30-31H,3,13,16H2,1-2H3/b25-23+. The molecule has 1 aliphatic heterocycles. The molecule has 8 heteroatoms. The van der Waals surface area contributed by atoms with Crippen molar-refractivity contribution in [1.29, 1.82) is 0 Å². The van der Waals surface area contributed by atoms with Crippen LogP contribution >= 0.6 is 0 Å². The van der Waals surface area contributed by atoms with Crippen LogP contribution < -0.4 is 9.47 Å². The normalized spacial score (nSPS) is 17.0. The largest absolute Gasteiger partial charge is 0.507 e. The minimum Gasteiger partial charge on any atom is -0.507 e. The third kappa shape index (κ3) is 4.82. The molecule has 2 N–H and O–H groups in total. The molecule has 3 aromatic rings. The van der Waals surface area contributed by atoms with Gasteiger partial charge in [0.1, 0.15) is 11.5 Å². The van der Waals surface area contributed by atoms with Crippen molar-refractivity contribution in [1.82, 2.24) is 9.88 Å². The maximum atomic E-state index is 13.2. The van der Waals surface area contributed by atoms with Crippen molar-refractivity contribution in [2.24, 2.45) is 0 Å². The maximum absolute atomic E-state index is 13.2. The number of carbonyl (C=O) groups is 2. The molecule has 8 nitrogen and oxygen atoms in total. The first-order valence-electron chi connectivity index (χ1n) is 11.2. The second kappa shape index (κ2) is 10.3. The topological polar surface area (TPSA) is 109 Å². The van der Waals surface area contributed by atoms with Crippen LogP contribution in [0.5, 0.6) is 17.2 Å². The van der Waals surface area contributed by atoms with E-state index in [2.05, 4.69) is 4.98 Å². The zero-order chi connectivity index (χ0) is 24.9. The van der Waals surface area contributed by atoms with E-state index in [-0.39, 0.29) is 29.4 Å². The fourth-order valence-electron chi connectivity index (χ4n) is 4.03. The van der Waals surface area contributed by atoms with E-state index in [0.717, 1.165) is 12.0 Å². The maximum Gasteiger partial charge on any atom is 0.295 e. The SMILES string of the molecule is CCCOc1ccc(/C(O)=C2\C(=O)C(=O)N(Cc3cccnc3)C2c2ccc(O)c(OC)c2)cc1. The molecule has 0 spiro atoms. The Morgan fingerprint density at radius 2 is 1.89 bits per heavy atom. The number of benzene rings is 2. The van der Waals surface area contributed by atoms with Crippen LogP contribution in [0.15, 0.2) is 72.6 Å². The van der Waals surface area contributed by atoms with Gasteiger partial charge in [0, 0.05) is 24.5 Å². The molecular weight excluding hydrogens is 448 g/mol. The Bertz CT molecular complexity index is 1250. The first kappa shape index (κ1) is 23.8. The summed E-state index contributed by atoms with van der Waals surface area (Å²) < 4.78 is 10.8. The van der Waals surface area contributed by atoms with Crippen molar-refractivity contribution < 1.29 is 29.3 Å². The van der Waals surface area contributed by atoms with Crippen LogP contribution in [0.25, 0.3) is 5.76 Å². The predicted octanol–water partition coefficient (Wildman–Crippen LogP) is 4.21. The molecule has 1 fully saturated rings. The molecule has 35 heavy (non-hydrogen) atoms. The van der Waals surface area contributed by atoms with Gasteiger partial charge in [-0.05, 0) is 60.0 Å². The highest BCUT2D eigenvalue weighted by molar-refractivity contribution is 6.46. The lowest BCUT2D eigenvalue weighted by atomic mass is 9.95. The molecule has 1 atom stereocenters. The molecule has 2 aromatic carbocycles. The number of phenols is 1. The zero-order valence-electron chi connectivity index (χ0n) is 19.5. The summed E-state index contributed by atoms with van der Waals surface area (Å²) in [7, 11) is 1.41. The van der Waals surface area contributed by atoms with E-state index in [1.165, 1.54) is 18.1 Å². The summed E-state index contributed by atoms with van der Waals surface area (Å²) in [5.41, 5.74) is 1.56. The number of rotatable bonds is 8. The summed E-state index contributed by atoms with van der Waals surface area (Å²) in [5.74, 6) is -1.09. The molecule has 1 unspecified atom stereocenters. The lowest BCUT2D eigenvalue weighted by molar-refractivity contribution is -0.140. The van der Waals surface area contributed by atoms with E-state index < -0.39 is 17.7 Å². The highest BCUT2D eigenvalue weighted by atomic mass is 16.5. The molecule has 0 bridgehead atoms. The smallest absolute Gasteiger partial charge is 0.295 e. The summed E-state index contributed by atoms with van der Waals surface area (Å²) in [6.07, 6.45) is 4.09. The summed E-state index contributed by atoms with van der Waals surface area (Å²) >= 11 is 0. The van der Waals surface area contributed by atoms with Gasteiger partial charge >= 0.3 is 0 Å². The van der Waals surface area contributed by atoms with Crippen molar-refractivity contribution in [3.8, 4) is 17.2 Å². The number of carbonyl (C=O) groups excluding carboxylic acids is 2. The molecule has 1 aliphatic rings. The quantitative estimate of drug-likeness (QED) is 0.286. The average molecular weight is 475 g/mol. The molecular formula is C27H26N2O6. The van der Waals surface area contributed by atoms with Gasteiger partial charge in [-0.3, -0.25) is 14.6 Å². The number of pyridine rings is 1.